The molecule has 2 N–H and O–H groups in total. The third-order valence-electron chi connectivity index (χ3n) is 3.05. The molecule has 1 atom stereocenters. The molecule has 8 nitrogen and oxygen atoms in total. The first-order valence-electron chi connectivity index (χ1n) is 6.57. The van der Waals surface area contributed by atoms with Gasteiger partial charge in [-0.2, -0.15) is 0 Å². The molecule has 116 valence electrons. The van der Waals surface area contributed by atoms with E-state index in [0.717, 1.165) is 0 Å². The van der Waals surface area contributed by atoms with Crippen LogP contribution in [0.5, 0.6) is 0 Å². The van der Waals surface area contributed by atoms with E-state index in [-0.39, 0.29) is 35.1 Å². The smallest absolute Gasteiger partial charge is 0.270 e. The standard InChI is InChI=1S/C12H18N4O4S/c1-20-6-5-13-11(17)10-2-4-14-12(16-10)15-9-3-7-21(18,19)8-9/h2,4,9H,3,5-8H2,1H3,(H,13,17)(H,14,15,16). The minimum Gasteiger partial charge on any atom is -0.383 e. The lowest BCUT2D eigenvalue weighted by molar-refractivity contribution is 0.0932. The second kappa shape index (κ2) is 6.81. The SMILES string of the molecule is COCCNC(=O)c1ccnc(NC2CCS(=O)(=O)C2)n1. The van der Waals surface area contributed by atoms with Crippen LogP contribution in [-0.4, -0.2) is 62.1 Å². The van der Waals surface area contributed by atoms with Crippen molar-refractivity contribution in [2.24, 2.45) is 0 Å². The van der Waals surface area contributed by atoms with Crippen molar-refractivity contribution in [3.63, 3.8) is 0 Å². The van der Waals surface area contributed by atoms with E-state index >= 15 is 0 Å². The van der Waals surface area contributed by atoms with Gasteiger partial charge in [0.2, 0.25) is 5.95 Å². The topological polar surface area (TPSA) is 110 Å². The molecule has 1 aromatic heterocycles. The molecule has 21 heavy (non-hydrogen) atoms. The first kappa shape index (κ1) is 15.6. The molecule has 1 aliphatic heterocycles. The normalized spacial score (nSPS) is 20.1. The van der Waals surface area contributed by atoms with E-state index in [1.54, 1.807) is 7.11 Å². The van der Waals surface area contributed by atoms with Gasteiger partial charge in [0, 0.05) is 25.9 Å². The van der Waals surface area contributed by atoms with Crippen molar-refractivity contribution in [1.82, 2.24) is 15.3 Å². The van der Waals surface area contributed by atoms with Crippen LogP contribution in [0.4, 0.5) is 5.95 Å². The highest BCUT2D eigenvalue weighted by atomic mass is 32.2. The predicted molar refractivity (Wildman–Crippen MR) is 76.9 cm³/mol. The Morgan fingerprint density at radius 2 is 2.33 bits per heavy atom. The van der Waals surface area contributed by atoms with Crippen molar-refractivity contribution < 1.29 is 17.9 Å². The second-order valence-electron chi connectivity index (χ2n) is 4.76. The molecule has 1 unspecified atom stereocenters. The highest BCUT2D eigenvalue weighted by Gasteiger charge is 2.28. The Morgan fingerprint density at radius 1 is 1.52 bits per heavy atom. The van der Waals surface area contributed by atoms with E-state index in [4.69, 9.17) is 4.74 Å². The summed E-state index contributed by atoms with van der Waals surface area (Å²) in [7, 11) is -1.42. The van der Waals surface area contributed by atoms with Gasteiger partial charge < -0.3 is 15.4 Å². The van der Waals surface area contributed by atoms with Gasteiger partial charge in [0.05, 0.1) is 18.1 Å². The van der Waals surface area contributed by atoms with Crippen molar-refractivity contribution in [2.75, 3.05) is 37.1 Å². The van der Waals surface area contributed by atoms with Crippen molar-refractivity contribution >= 4 is 21.7 Å². The summed E-state index contributed by atoms with van der Waals surface area (Å²) in [5, 5.41) is 5.61. The predicted octanol–water partition coefficient (Wildman–Crippen LogP) is -0.548. The van der Waals surface area contributed by atoms with Gasteiger partial charge in [-0.3, -0.25) is 4.79 Å². The quantitative estimate of drug-likeness (QED) is 0.678. The molecule has 1 saturated heterocycles. The summed E-state index contributed by atoms with van der Waals surface area (Å²) in [5.74, 6) is 0.177. The minimum absolute atomic E-state index is 0.0701. The summed E-state index contributed by atoms with van der Waals surface area (Å²) in [4.78, 5) is 19.9. The van der Waals surface area contributed by atoms with Crippen molar-refractivity contribution in [1.29, 1.82) is 0 Å². The van der Waals surface area contributed by atoms with Crippen LogP contribution in [0.15, 0.2) is 12.3 Å². The van der Waals surface area contributed by atoms with Crippen LogP contribution in [0, 0.1) is 0 Å². The Morgan fingerprint density at radius 3 is 3.00 bits per heavy atom. The first-order valence-corrected chi connectivity index (χ1v) is 8.39. The van der Waals surface area contributed by atoms with Gasteiger partial charge in [0.15, 0.2) is 9.84 Å². The summed E-state index contributed by atoms with van der Waals surface area (Å²) in [6, 6.07) is 1.29. The summed E-state index contributed by atoms with van der Waals surface area (Å²) in [6.45, 7) is 0.810. The van der Waals surface area contributed by atoms with Gasteiger partial charge in [0.1, 0.15) is 5.69 Å². The third-order valence-corrected chi connectivity index (χ3v) is 4.81. The maximum Gasteiger partial charge on any atom is 0.270 e. The van der Waals surface area contributed by atoms with Gasteiger partial charge in [0.25, 0.3) is 5.91 Å². The number of hydrogen-bond acceptors (Lipinski definition) is 7. The largest absolute Gasteiger partial charge is 0.383 e. The average Bonchev–Trinajstić information content (AvgIpc) is 2.78. The summed E-state index contributed by atoms with van der Waals surface area (Å²) < 4.78 is 27.6. The summed E-state index contributed by atoms with van der Waals surface area (Å²) in [5.41, 5.74) is 0.226. The number of hydrogen-bond donors (Lipinski definition) is 2. The molecule has 0 radical (unpaired) electrons. The highest BCUT2D eigenvalue weighted by Crippen LogP contribution is 2.15. The first-order chi connectivity index (χ1) is 10.00. The molecule has 1 amide bonds. The molecular formula is C12H18N4O4S. The van der Waals surface area contributed by atoms with E-state index in [1.807, 2.05) is 0 Å². The average molecular weight is 314 g/mol. The molecule has 0 saturated carbocycles. The maximum atomic E-state index is 11.8. The Hall–Kier alpha value is -1.74. The summed E-state index contributed by atoms with van der Waals surface area (Å²) in [6.07, 6.45) is 1.99. The lowest BCUT2D eigenvalue weighted by atomic mass is 10.3. The van der Waals surface area contributed by atoms with E-state index in [0.29, 0.717) is 19.6 Å². The number of sulfone groups is 1. The molecule has 1 aliphatic rings. The van der Waals surface area contributed by atoms with Gasteiger partial charge in [-0.25, -0.2) is 18.4 Å². The number of nitrogens with one attached hydrogen (secondary N) is 2. The number of carbonyl (C=O) groups is 1. The molecule has 2 heterocycles. The highest BCUT2D eigenvalue weighted by molar-refractivity contribution is 7.91. The molecule has 0 spiro atoms. The number of nitrogens with zero attached hydrogens (tertiary/aromatic N) is 2. The number of ether oxygens (including phenoxy) is 1. The van der Waals surface area contributed by atoms with Crippen LogP contribution in [0.2, 0.25) is 0 Å². The van der Waals surface area contributed by atoms with Crippen LogP contribution >= 0.6 is 0 Å². The Kier molecular flexibility index (Phi) is 5.07. The number of amides is 1. The zero-order chi connectivity index (χ0) is 15.3. The zero-order valence-corrected chi connectivity index (χ0v) is 12.5. The van der Waals surface area contributed by atoms with E-state index in [2.05, 4.69) is 20.6 Å². The molecule has 9 heteroatoms. The molecule has 0 bridgehead atoms. The van der Waals surface area contributed by atoms with E-state index in [9.17, 15) is 13.2 Å². The fourth-order valence-electron chi connectivity index (χ4n) is 2.00. The number of methoxy groups -OCH3 is 1. The second-order valence-corrected chi connectivity index (χ2v) is 6.99. The number of rotatable bonds is 6. The number of anilines is 1. The van der Waals surface area contributed by atoms with Crippen LogP contribution < -0.4 is 10.6 Å². The van der Waals surface area contributed by atoms with Gasteiger partial charge >= 0.3 is 0 Å². The third kappa shape index (κ3) is 4.64. The van der Waals surface area contributed by atoms with Gasteiger partial charge in [-0.05, 0) is 12.5 Å². The van der Waals surface area contributed by atoms with Gasteiger partial charge in [-0.1, -0.05) is 0 Å². The molecular weight excluding hydrogens is 296 g/mol. The van der Waals surface area contributed by atoms with E-state index in [1.165, 1.54) is 12.3 Å². The van der Waals surface area contributed by atoms with Crippen molar-refractivity contribution in [2.45, 2.75) is 12.5 Å². The van der Waals surface area contributed by atoms with Crippen LogP contribution in [0.25, 0.3) is 0 Å². The lowest BCUT2D eigenvalue weighted by Gasteiger charge is -2.11. The Labute approximate surface area is 123 Å². The van der Waals surface area contributed by atoms with Crippen molar-refractivity contribution in [3.8, 4) is 0 Å². The molecule has 0 aliphatic carbocycles. The molecule has 2 rings (SSSR count). The van der Waals surface area contributed by atoms with Crippen LogP contribution in [0.1, 0.15) is 16.9 Å². The fourth-order valence-corrected chi connectivity index (χ4v) is 3.68. The molecule has 1 fully saturated rings. The van der Waals surface area contributed by atoms with Gasteiger partial charge in [-0.15, -0.1) is 0 Å². The number of aromatic nitrogens is 2. The maximum absolute atomic E-state index is 11.8. The molecule has 0 aromatic carbocycles. The number of carbonyl (C=O) groups excluding carboxylic acids is 1. The molecule has 1 aromatic rings. The lowest BCUT2D eigenvalue weighted by Crippen LogP contribution is -2.28. The Bertz CT molecular complexity index is 605. The van der Waals surface area contributed by atoms with Crippen LogP contribution in [0.3, 0.4) is 0 Å². The monoisotopic (exact) mass is 314 g/mol. The van der Waals surface area contributed by atoms with E-state index < -0.39 is 9.84 Å². The van der Waals surface area contributed by atoms with Crippen molar-refractivity contribution in [3.05, 3.63) is 18.0 Å². The Balaban J connectivity index is 1.96. The fraction of sp³-hybridized carbons (Fsp3) is 0.583. The summed E-state index contributed by atoms with van der Waals surface area (Å²) >= 11 is 0. The minimum atomic E-state index is -2.97. The zero-order valence-electron chi connectivity index (χ0n) is 11.7. The van der Waals surface area contributed by atoms with Crippen LogP contribution in [-0.2, 0) is 14.6 Å².